The quantitative estimate of drug-likeness (QED) is 0.841. The molecule has 4 rings (SSSR count). The molecule has 2 N–H and O–H groups in total. The van der Waals surface area contributed by atoms with Gasteiger partial charge >= 0.3 is 5.97 Å². The van der Waals surface area contributed by atoms with E-state index in [0.717, 1.165) is 49.4 Å². The highest BCUT2D eigenvalue weighted by Crippen LogP contribution is 2.26. The number of nitrogens with one attached hydrogen (secondary N) is 1. The van der Waals surface area contributed by atoms with E-state index >= 15 is 0 Å². The maximum Gasteiger partial charge on any atom is 0.354 e. The Labute approximate surface area is 150 Å². The van der Waals surface area contributed by atoms with Crippen LogP contribution < -0.4 is 10.2 Å². The molecule has 3 heterocycles. The molecule has 0 saturated heterocycles. The van der Waals surface area contributed by atoms with Crippen LogP contribution in [-0.2, 0) is 24.4 Å². The molecule has 0 atom stereocenters. The van der Waals surface area contributed by atoms with Crippen molar-refractivity contribution in [2.45, 2.75) is 38.9 Å². The second kappa shape index (κ2) is 6.78. The van der Waals surface area contributed by atoms with E-state index in [-0.39, 0.29) is 17.5 Å². The lowest BCUT2D eigenvalue weighted by Gasteiger charge is -2.29. The van der Waals surface area contributed by atoms with Gasteiger partial charge in [0.1, 0.15) is 5.69 Å². The van der Waals surface area contributed by atoms with Crippen molar-refractivity contribution >= 4 is 17.6 Å². The number of carboxylic acid groups (broad SMARTS) is 1. The van der Waals surface area contributed by atoms with Crippen LogP contribution in [0.15, 0.2) is 24.4 Å². The number of rotatable bonds is 5. The molecule has 1 fully saturated rings. The van der Waals surface area contributed by atoms with Crippen LogP contribution in [0.1, 0.15) is 41.1 Å². The fourth-order valence-corrected chi connectivity index (χ4v) is 3.36. The van der Waals surface area contributed by atoms with Crippen LogP contribution >= 0.6 is 0 Å². The number of aromatic carboxylic acids is 1. The van der Waals surface area contributed by atoms with Gasteiger partial charge in [-0.3, -0.25) is 9.48 Å². The molecule has 136 valence electrons. The van der Waals surface area contributed by atoms with Crippen molar-refractivity contribution in [1.29, 1.82) is 0 Å². The Balaban J connectivity index is 1.42. The number of hydrogen-bond donors (Lipinski definition) is 2. The number of carbonyl (C=O) groups excluding carboxylic acids is 1. The first kappa shape index (κ1) is 16.6. The van der Waals surface area contributed by atoms with E-state index in [9.17, 15) is 9.59 Å². The summed E-state index contributed by atoms with van der Waals surface area (Å²) in [5.74, 6) is -0.724. The molecule has 0 aromatic carbocycles. The third-order valence-corrected chi connectivity index (χ3v) is 5.10. The monoisotopic (exact) mass is 355 g/mol. The van der Waals surface area contributed by atoms with Crippen LogP contribution in [0.5, 0.6) is 0 Å². The first-order chi connectivity index (χ1) is 12.6. The van der Waals surface area contributed by atoms with Crippen LogP contribution in [0.3, 0.4) is 0 Å². The average Bonchev–Trinajstić information content (AvgIpc) is 3.00. The summed E-state index contributed by atoms with van der Waals surface area (Å²) < 4.78 is 1.96. The highest BCUT2D eigenvalue weighted by molar-refractivity contribution is 5.86. The van der Waals surface area contributed by atoms with Gasteiger partial charge in [-0.05, 0) is 31.0 Å². The van der Waals surface area contributed by atoms with Crippen molar-refractivity contribution in [3.05, 3.63) is 41.5 Å². The Morgan fingerprint density at radius 3 is 2.85 bits per heavy atom. The van der Waals surface area contributed by atoms with Gasteiger partial charge in [0.25, 0.3) is 0 Å². The fourth-order valence-electron chi connectivity index (χ4n) is 3.36. The number of aromatic nitrogens is 3. The van der Waals surface area contributed by atoms with Crippen molar-refractivity contribution in [3.63, 3.8) is 0 Å². The molecule has 2 aliphatic rings. The summed E-state index contributed by atoms with van der Waals surface area (Å²) >= 11 is 0. The summed E-state index contributed by atoms with van der Waals surface area (Å²) in [4.78, 5) is 29.0. The molecule has 1 saturated carbocycles. The van der Waals surface area contributed by atoms with Crippen molar-refractivity contribution < 1.29 is 14.7 Å². The molecule has 0 radical (unpaired) electrons. The number of nitrogens with zero attached hydrogens (tertiary/aromatic N) is 4. The van der Waals surface area contributed by atoms with E-state index in [1.807, 2.05) is 16.8 Å². The van der Waals surface area contributed by atoms with Crippen molar-refractivity contribution in [1.82, 2.24) is 20.1 Å². The Bertz CT molecular complexity index is 843. The number of pyridine rings is 1. The van der Waals surface area contributed by atoms with E-state index in [0.29, 0.717) is 13.1 Å². The molecule has 1 amide bonds. The molecule has 1 aliphatic heterocycles. The van der Waals surface area contributed by atoms with Gasteiger partial charge in [-0.15, -0.1) is 0 Å². The first-order valence-electron chi connectivity index (χ1n) is 8.88. The molecule has 2 aromatic heterocycles. The van der Waals surface area contributed by atoms with Gasteiger partial charge in [0.2, 0.25) is 5.91 Å². The van der Waals surface area contributed by atoms with Gasteiger partial charge in [0.15, 0.2) is 0 Å². The zero-order valence-corrected chi connectivity index (χ0v) is 14.4. The Morgan fingerprint density at radius 2 is 2.12 bits per heavy atom. The number of carbonyl (C=O) groups is 2. The minimum atomic E-state index is -1.03. The lowest BCUT2D eigenvalue weighted by Crippen LogP contribution is -2.34. The number of amides is 1. The summed E-state index contributed by atoms with van der Waals surface area (Å²) in [7, 11) is 0. The molecular weight excluding hydrogens is 334 g/mol. The number of carboxylic acids is 1. The SMILES string of the molecule is O=C(O)c1cc(N2CCn3nc(CNC(=O)C4CCC4)cc3C2)ccn1. The largest absolute Gasteiger partial charge is 0.477 e. The van der Waals surface area contributed by atoms with Crippen LogP contribution in [0, 0.1) is 5.92 Å². The van der Waals surface area contributed by atoms with Crippen LogP contribution in [-0.4, -0.2) is 38.3 Å². The summed E-state index contributed by atoms with van der Waals surface area (Å²) in [6.07, 6.45) is 4.65. The Morgan fingerprint density at radius 1 is 1.27 bits per heavy atom. The minimum absolute atomic E-state index is 0.0426. The third-order valence-electron chi connectivity index (χ3n) is 5.10. The molecule has 1 aliphatic carbocycles. The van der Waals surface area contributed by atoms with Gasteiger partial charge in [-0.2, -0.15) is 5.10 Å². The summed E-state index contributed by atoms with van der Waals surface area (Å²) in [6.45, 7) is 2.56. The molecule has 26 heavy (non-hydrogen) atoms. The van der Waals surface area contributed by atoms with E-state index in [2.05, 4.69) is 20.3 Å². The average molecular weight is 355 g/mol. The first-order valence-corrected chi connectivity index (χ1v) is 8.88. The molecule has 0 bridgehead atoms. The maximum atomic E-state index is 12.0. The lowest BCUT2D eigenvalue weighted by molar-refractivity contribution is -0.127. The third kappa shape index (κ3) is 3.26. The molecule has 8 nitrogen and oxygen atoms in total. The zero-order valence-electron chi connectivity index (χ0n) is 14.4. The van der Waals surface area contributed by atoms with Crippen molar-refractivity contribution in [2.24, 2.45) is 5.92 Å². The number of hydrogen-bond acceptors (Lipinski definition) is 5. The molecule has 2 aromatic rings. The summed E-state index contributed by atoms with van der Waals surface area (Å²) in [5.41, 5.74) is 2.79. The summed E-state index contributed by atoms with van der Waals surface area (Å²) in [6, 6.07) is 5.42. The van der Waals surface area contributed by atoms with Crippen LogP contribution in [0.25, 0.3) is 0 Å². The number of fused-ring (bicyclic) bond motifs is 1. The highest BCUT2D eigenvalue weighted by Gasteiger charge is 2.25. The van der Waals surface area contributed by atoms with Crippen molar-refractivity contribution in [2.75, 3.05) is 11.4 Å². The lowest BCUT2D eigenvalue weighted by atomic mass is 9.85. The van der Waals surface area contributed by atoms with Gasteiger partial charge in [-0.1, -0.05) is 6.42 Å². The fraction of sp³-hybridized carbons (Fsp3) is 0.444. The zero-order chi connectivity index (χ0) is 18.1. The second-order valence-corrected chi connectivity index (χ2v) is 6.82. The summed E-state index contributed by atoms with van der Waals surface area (Å²) in [5, 5.41) is 16.6. The predicted molar refractivity (Wildman–Crippen MR) is 93.7 cm³/mol. The Kier molecular flexibility index (Phi) is 4.32. The van der Waals surface area contributed by atoms with Crippen LogP contribution in [0.2, 0.25) is 0 Å². The van der Waals surface area contributed by atoms with E-state index in [1.165, 1.54) is 6.20 Å². The van der Waals surface area contributed by atoms with Gasteiger partial charge in [-0.25, -0.2) is 9.78 Å². The van der Waals surface area contributed by atoms with Crippen molar-refractivity contribution in [3.8, 4) is 0 Å². The smallest absolute Gasteiger partial charge is 0.354 e. The minimum Gasteiger partial charge on any atom is -0.477 e. The maximum absolute atomic E-state index is 12.0. The van der Waals surface area contributed by atoms with Crippen LogP contribution in [0.4, 0.5) is 5.69 Å². The van der Waals surface area contributed by atoms with Gasteiger partial charge in [0, 0.05) is 24.3 Å². The highest BCUT2D eigenvalue weighted by atomic mass is 16.4. The molecule has 8 heteroatoms. The standard InChI is InChI=1S/C18H21N5O3/c24-17(12-2-1-3-12)20-10-13-8-15-11-22(6-7-23(15)21-13)14-4-5-19-16(9-14)18(25)26/h4-5,8-9,12H,1-3,6-7,10-11H2,(H,20,24)(H,25,26). The number of anilines is 1. The normalized spacial score (nSPS) is 16.7. The molecule has 0 unspecified atom stereocenters. The molecule has 0 spiro atoms. The van der Waals surface area contributed by atoms with Gasteiger partial charge < -0.3 is 15.3 Å². The van der Waals surface area contributed by atoms with Gasteiger partial charge in [0.05, 0.1) is 31.0 Å². The van der Waals surface area contributed by atoms with E-state index in [4.69, 9.17) is 5.11 Å². The topological polar surface area (TPSA) is 100 Å². The van der Waals surface area contributed by atoms with E-state index < -0.39 is 5.97 Å². The molecular formula is C18H21N5O3. The Hall–Kier alpha value is -2.90. The second-order valence-electron chi connectivity index (χ2n) is 6.82. The van der Waals surface area contributed by atoms with E-state index in [1.54, 1.807) is 6.07 Å². The predicted octanol–water partition coefficient (Wildman–Crippen LogP) is 1.41.